The van der Waals surface area contributed by atoms with E-state index in [9.17, 15) is 0 Å². The number of nitrogens with zero attached hydrogens (tertiary/aromatic N) is 3. The number of aliphatic imine (C=N–C) groups is 1. The number of aromatic nitrogens is 2. The van der Waals surface area contributed by atoms with Crippen LogP contribution in [0.4, 0.5) is 0 Å². The molecule has 0 aromatic carbocycles. The summed E-state index contributed by atoms with van der Waals surface area (Å²) in [5.41, 5.74) is 0.308. The molecule has 2 unspecified atom stereocenters. The standard InChI is InChI=1S/C14H22N4OS/c1-10-4-3-6-14(8-10)9-20-13(17-14)15-7-5-12-16-11(2)18-19-12/h10H,3-9H2,1-2H3,(H,15,17). The highest BCUT2D eigenvalue weighted by Crippen LogP contribution is 2.38. The minimum Gasteiger partial charge on any atom is -0.359 e. The lowest BCUT2D eigenvalue weighted by Crippen LogP contribution is -2.47. The van der Waals surface area contributed by atoms with E-state index in [0.29, 0.717) is 23.8 Å². The Morgan fingerprint density at radius 2 is 2.45 bits per heavy atom. The summed E-state index contributed by atoms with van der Waals surface area (Å²) in [4.78, 5) is 8.84. The third kappa shape index (κ3) is 3.16. The van der Waals surface area contributed by atoms with Gasteiger partial charge in [-0.1, -0.05) is 36.7 Å². The molecule has 110 valence electrons. The van der Waals surface area contributed by atoms with Gasteiger partial charge in [-0.3, -0.25) is 4.99 Å². The van der Waals surface area contributed by atoms with Crippen LogP contribution < -0.4 is 5.32 Å². The minimum atomic E-state index is 0.308. The van der Waals surface area contributed by atoms with Gasteiger partial charge in [-0.2, -0.15) is 4.98 Å². The molecule has 2 atom stereocenters. The van der Waals surface area contributed by atoms with Crippen LogP contribution in [0.3, 0.4) is 0 Å². The fourth-order valence-electron chi connectivity index (χ4n) is 3.19. The Kier molecular flexibility index (Phi) is 4.01. The van der Waals surface area contributed by atoms with E-state index in [0.717, 1.165) is 23.3 Å². The van der Waals surface area contributed by atoms with E-state index in [1.54, 1.807) is 0 Å². The number of nitrogens with one attached hydrogen (secondary N) is 1. The number of thioether (sulfide) groups is 1. The highest BCUT2D eigenvalue weighted by molar-refractivity contribution is 8.14. The van der Waals surface area contributed by atoms with E-state index in [4.69, 9.17) is 4.52 Å². The van der Waals surface area contributed by atoms with Gasteiger partial charge in [0.1, 0.15) is 0 Å². The topological polar surface area (TPSA) is 63.3 Å². The van der Waals surface area contributed by atoms with Gasteiger partial charge < -0.3 is 9.84 Å². The molecule has 5 nitrogen and oxygen atoms in total. The van der Waals surface area contributed by atoms with Gasteiger partial charge in [0.15, 0.2) is 11.0 Å². The summed E-state index contributed by atoms with van der Waals surface area (Å²) in [6.07, 6.45) is 5.99. The van der Waals surface area contributed by atoms with Gasteiger partial charge in [0.25, 0.3) is 0 Å². The number of rotatable bonds is 3. The van der Waals surface area contributed by atoms with Crippen molar-refractivity contribution in [3.8, 4) is 0 Å². The summed E-state index contributed by atoms with van der Waals surface area (Å²) in [5, 5.41) is 8.56. The lowest BCUT2D eigenvalue weighted by atomic mass is 9.78. The summed E-state index contributed by atoms with van der Waals surface area (Å²) in [7, 11) is 0. The second kappa shape index (κ2) is 5.76. The molecule has 1 N–H and O–H groups in total. The van der Waals surface area contributed by atoms with E-state index < -0.39 is 0 Å². The Labute approximate surface area is 124 Å². The van der Waals surface area contributed by atoms with Gasteiger partial charge in [-0.25, -0.2) is 0 Å². The summed E-state index contributed by atoms with van der Waals surface area (Å²) in [5.74, 6) is 3.36. The maximum absolute atomic E-state index is 5.10. The average Bonchev–Trinajstić information content (AvgIpc) is 2.97. The Morgan fingerprint density at radius 1 is 1.55 bits per heavy atom. The van der Waals surface area contributed by atoms with Crippen LogP contribution >= 0.6 is 11.8 Å². The molecule has 2 fully saturated rings. The molecule has 1 aliphatic heterocycles. The monoisotopic (exact) mass is 294 g/mol. The van der Waals surface area contributed by atoms with Crippen molar-refractivity contribution >= 4 is 16.9 Å². The van der Waals surface area contributed by atoms with Crippen molar-refractivity contribution in [2.75, 3.05) is 12.3 Å². The Balaban J connectivity index is 1.52. The molecule has 0 radical (unpaired) electrons. The summed E-state index contributed by atoms with van der Waals surface area (Å²) < 4.78 is 5.10. The third-order valence-corrected chi connectivity index (χ3v) is 5.30. The fraction of sp³-hybridized carbons (Fsp3) is 0.786. The summed E-state index contributed by atoms with van der Waals surface area (Å²) in [6, 6.07) is 0. The van der Waals surface area contributed by atoms with Crippen LogP contribution in [0.25, 0.3) is 0 Å². The molecule has 1 aliphatic carbocycles. The molecular formula is C14H22N4OS. The number of hydrogen-bond acceptors (Lipinski definition) is 5. The van der Waals surface area contributed by atoms with Crippen LogP contribution in [0.2, 0.25) is 0 Å². The molecule has 20 heavy (non-hydrogen) atoms. The predicted molar refractivity (Wildman–Crippen MR) is 81.0 cm³/mol. The van der Waals surface area contributed by atoms with Crippen molar-refractivity contribution < 1.29 is 4.52 Å². The minimum absolute atomic E-state index is 0.308. The zero-order valence-electron chi connectivity index (χ0n) is 12.2. The van der Waals surface area contributed by atoms with Crippen LogP contribution in [0.1, 0.15) is 44.3 Å². The van der Waals surface area contributed by atoms with Crippen LogP contribution in [-0.4, -0.2) is 33.1 Å². The van der Waals surface area contributed by atoms with Crippen molar-refractivity contribution in [2.24, 2.45) is 10.9 Å². The lowest BCUT2D eigenvalue weighted by molar-refractivity contribution is 0.242. The summed E-state index contributed by atoms with van der Waals surface area (Å²) in [6.45, 7) is 4.91. The van der Waals surface area contributed by atoms with Crippen molar-refractivity contribution in [2.45, 2.75) is 51.5 Å². The lowest BCUT2D eigenvalue weighted by Gasteiger charge is -2.36. The van der Waals surface area contributed by atoms with E-state index in [1.165, 1.54) is 25.7 Å². The SMILES string of the molecule is Cc1noc(CCN=C2NC3(CCCC(C)C3)CS2)n1. The van der Waals surface area contributed by atoms with Crippen LogP contribution in [-0.2, 0) is 6.42 Å². The molecule has 0 bridgehead atoms. The molecule has 1 spiro atoms. The second-order valence-electron chi connectivity index (χ2n) is 6.07. The Hall–Kier alpha value is -1.04. The normalized spacial score (nSPS) is 31.9. The van der Waals surface area contributed by atoms with Gasteiger partial charge in [-0.15, -0.1) is 0 Å². The molecule has 2 heterocycles. The smallest absolute Gasteiger partial charge is 0.228 e. The number of amidine groups is 1. The fourth-order valence-corrected chi connectivity index (χ4v) is 4.41. The van der Waals surface area contributed by atoms with E-state index in [2.05, 4.69) is 27.4 Å². The van der Waals surface area contributed by atoms with E-state index >= 15 is 0 Å². The second-order valence-corrected chi connectivity index (χ2v) is 7.03. The first-order valence-corrected chi connectivity index (χ1v) is 8.38. The first-order chi connectivity index (χ1) is 9.65. The highest BCUT2D eigenvalue weighted by atomic mass is 32.2. The van der Waals surface area contributed by atoms with Gasteiger partial charge in [-0.05, 0) is 25.7 Å². The maximum Gasteiger partial charge on any atom is 0.228 e. The van der Waals surface area contributed by atoms with Crippen LogP contribution in [0.5, 0.6) is 0 Å². The van der Waals surface area contributed by atoms with Crippen LogP contribution in [0.15, 0.2) is 9.52 Å². The maximum atomic E-state index is 5.10. The number of hydrogen-bond donors (Lipinski definition) is 1. The van der Waals surface area contributed by atoms with Gasteiger partial charge >= 0.3 is 0 Å². The molecule has 1 saturated carbocycles. The predicted octanol–water partition coefficient (Wildman–Crippen LogP) is 2.56. The van der Waals surface area contributed by atoms with E-state index in [1.807, 2.05) is 18.7 Å². The molecular weight excluding hydrogens is 272 g/mol. The molecule has 3 rings (SSSR count). The van der Waals surface area contributed by atoms with Crippen molar-refractivity contribution in [1.82, 2.24) is 15.5 Å². The first-order valence-electron chi connectivity index (χ1n) is 7.40. The number of aryl methyl sites for hydroxylation is 1. The Bertz CT molecular complexity index is 501. The van der Waals surface area contributed by atoms with Crippen molar-refractivity contribution in [3.05, 3.63) is 11.7 Å². The zero-order valence-corrected chi connectivity index (χ0v) is 13.0. The largest absolute Gasteiger partial charge is 0.359 e. The zero-order chi connectivity index (χ0) is 14.0. The summed E-state index contributed by atoms with van der Waals surface area (Å²) >= 11 is 1.86. The average molecular weight is 294 g/mol. The molecule has 1 aromatic heterocycles. The first kappa shape index (κ1) is 13.9. The van der Waals surface area contributed by atoms with E-state index in [-0.39, 0.29) is 0 Å². The molecule has 1 saturated heterocycles. The van der Waals surface area contributed by atoms with Gasteiger partial charge in [0.2, 0.25) is 5.89 Å². The molecule has 1 aromatic rings. The molecule has 6 heteroatoms. The van der Waals surface area contributed by atoms with Crippen molar-refractivity contribution in [3.63, 3.8) is 0 Å². The van der Waals surface area contributed by atoms with Crippen molar-refractivity contribution in [1.29, 1.82) is 0 Å². The highest BCUT2D eigenvalue weighted by Gasteiger charge is 2.40. The third-order valence-electron chi connectivity index (χ3n) is 4.10. The Morgan fingerprint density at radius 3 is 3.20 bits per heavy atom. The molecule has 0 amide bonds. The van der Waals surface area contributed by atoms with Gasteiger partial charge in [0.05, 0.1) is 6.54 Å². The molecule has 2 aliphatic rings. The van der Waals surface area contributed by atoms with Crippen LogP contribution in [0, 0.1) is 12.8 Å². The van der Waals surface area contributed by atoms with Gasteiger partial charge in [0, 0.05) is 17.7 Å². The quantitative estimate of drug-likeness (QED) is 0.928.